The zero-order valence-electron chi connectivity index (χ0n) is 8.12. The van der Waals surface area contributed by atoms with Crippen LogP contribution in [0.5, 0.6) is 0 Å². The molecule has 72 valence electrons. The largest absolute Gasteiger partial charge is 0.333 e. The van der Waals surface area contributed by atoms with E-state index < -0.39 is 0 Å². The smallest absolute Gasteiger partial charge is 0.0951 e. The molecule has 1 aromatic heterocycles. The van der Waals surface area contributed by atoms with Crippen LogP contribution in [-0.4, -0.2) is 21.6 Å². The lowest BCUT2D eigenvalue weighted by Crippen LogP contribution is -2.09. The first-order valence-electron chi connectivity index (χ1n) is 4.93. The summed E-state index contributed by atoms with van der Waals surface area (Å²) < 4.78 is 2.34. The predicted molar refractivity (Wildman–Crippen MR) is 57.3 cm³/mol. The number of fused-ring (bicyclic) bond motifs is 1. The lowest BCUT2D eigenvalue weighted by Gasteiger charge is -2.13. The van der Waals surface area contributed by atoms with Crippen molar-refractivity contribution in [1.29, 1.82) is 0 Å². The van der Waals surface area contributed by atoms with E-state index in [0.29, 0.717) is 0 Å². The Bertz CT molecular complexity index is 280. The number of hydrogen-bond donors (Lipinski definition) is 0. The fourth-order valence-electron chi connectivity index (χ4n) is 1.91. The van der Waals surface area contributed by atoms with Gasteiger partial charge in [-0.3, -0.25) is 0 Å². The van der Waals surface area contributed by atoms with Crippen LogP contribution in [-0.2, 0) is 19.4 Å². The first-order valence-corrected chi connectivity index (χ1v) is 6.33. The molecule has 3 heteroatoms. The molecule has 0 N–H and O–H groups in total. The summed E-state index contributed by atoms with van der Waals surface area (Å²) in [5.41, 5.74) is 2.85. The highest BCUT2D eigenvalue weighted by Crippen LogP contribution is 2.19. The topological polar surface area (TPSA) is 17.8 Å². The summed E-state index contributed by atoms with van der Waals surface area (Å²) in [6.45, 7) is 1.13. The Hall–Kier alpha value is -0.440. The fourth-order valence-corrected chi connectivity index (χ4v) is 2.29. The number of aromatic nitrogens is 2. The van der Waals surface area contributed by atoms with Crippen LogP contribution in [0.15, 0.2) is 6.33 Å². The maximum absolute atomic E-state index is 4.46. The molecule has 0 radical (unpaired) electrons. The minimum atomic E-state index is 1.13. The molecule has 2 rings (SSSR count). The summed E-state index contributed by atoms with van der Waals surface area (Å²) in [6.07, 6.45) is 9.28. The Morgan fingerprint density at radius 3 is 3.15 bits per heavy atom. The number of thioether (sulfide) groups is 1. The molecule has 0 aromatic carbocycles. The van der Waals surface area contributed by atoms with Crippen LogP contribution in [0, 0.1) is 0 Å². The Kier molecular flexibility index (Phi) is 2.94. The molecule has 0 aliphatic heterocycles. The monoisotopic (exact) mass is 196 g/mol. The molecule has 0 bridgehead atoms. The first kappa shape index (κ1) is 9.13. The average molecular weight is 196 g/mol. The van der Waals surface area contributed by atoms with Gasteiger partial charge in [0.05, 0.1) is 12.0 Å². The van der Waals surface area contributed by atoms with Crippen molar-refractivity contribution >= 4 is 11.8 Å². The molecule has 1 aliphatic rings. The van der Waals surface area contributed by atoms with E-state index >= 15 is 0 Å². The van der Waals surface area contributed by atoms with Gasteiger partial charge >= 0.3 is 0 Å². The van der Waals surface area contributed by atoms with Gasteiger partial charge in [0.15, 0.2) is 0 Å². The van der Waals surface area contributed by atoms with Crippen molar-refractivity contribution in [3.05, 3.63) is 17.7 Å². The van der Waals surface area contributed by atoms with E-state index in [-0.39, 0.29) is 0 Å². The third-order valence-corrected chi connectivity index (χ3v) is 3.24. The molecule has 2 nitrogen and oxygen atoms in total. The molecule has 0 amide bonds. The van der Waals surface area contributed by atoms with Crippen LogP contribution in [0.4, 0.5) is 0 Å². The van der Waals surface area contributed by atoms with Crippen LogP contribution >= 0.6 is 11.8 Å². The van der Waals surface area contributed by atoms with Gasteiger partial charge in [0.2, 0.25) is 0 Å². The summed E-state index contributed by atoms with van der Waals surface area (Å²) in [5, 5.41) is 0. The highest BCUT2D eigenvalue weighted by Gasteiger charge is 2.14. The second-order valence-electron chi connectivity index (χ2n) is 3.53. The highest BCUT2D eigenvalue weighted by atomic mass is 32.2. The molecule has 0 spiro atoms. The molecule has 1 aliphatic carbocycles. The van der Waals surface area contributed by atoms with Crippen LogP contribution in [0.25, 0.3) is 0 Å². The Morgan fingerprint density at radius 1 is 1.46 bits per heavy atom. The number of rotatable bonds is 3. The lowest BCUT2D eigenvalue weighted by molar-refractivity contribution is 0.623. The average Bonchev–Trinajstić information content (AvgIpc) is 2.58. The van der Waals surface area contributed by atoms with E-state index in [2.05, 4.69) is 15.8 Å². The van der Waals surface area contributed by atoms with Crippen molar-refractivity contribution in [3.8, 4) is 0 Å². The molecule has 0 atom stereocenters. The Morgan fingerprint density at radius 2 is 2.31 bits per heavy atom. The molecule has 0 unspecified atom stereocenters. The maximum Gasteiger partial charge on any atom is 0.0951 e. The van der Waals surface area contributed by atoms with Gasteiger partial charge in [-0.1, -0.05) is 0 Å². The zero-order valence-corrected chi connectivity index (χ0v) is 8.94. The van der Waals surface area contributed by atoms with E-state index in [1.165, 1.54) is 42.8 Å². The van der Waals surface area contributed by atoms with Crippen molar-refractivity contribution in [2.24, 2.45) is 0 Å². The van der Waals surface area contributed by atoms with Gasteiger partial charge in [-0.05, 0) is 31.9 Å². The van der Waals surface area contributed by atoms with Crippen LogP contribution in [0.3, 0.4) is 0 Å². The van der Waals surface area contributed by atoms with Crippen LogP contribution < -0.4 is 0 Å². The summed E-state index contributed by atoms with van der Waals surface area (Å²) in [5.74, 6) is 1.20. The number of hydrogen-bond acceptors (Lipinski definition) is 2. The second kappa shape index (κ2) is 4.18. The molecule has 1 aromatic rings. The minimum Gasteiger partial charge on any atom is -0.333 e. The first-order chi connectivity index (χ1) is 6.42. The molecular weight excluding hydrogens is 180 g/mol. The summed E-state index contributed by atoms with van der Waals surface area (Å²) in [6, 6.07) is 0. The van der Waals surface area contributed by atoms with Gasteiger partial charge in [0, 0.05) is 18.0 Å². The third kappa shape index (κ3) is 1.90. The maximum atomic E-state index is 4.46. The standard InChI is InChI=1S/C10H16N2S/c1-13-7-6-12-8-11-9-4-2-3-5-10(9)12/h8H,2-7H2,1H3. The van der Waals surface area contributed by atoms with E-state index in [1.54, 1.807) is 0 Å². The minimum absolute atomic E-state index is 1.13. The Labute approximate surface area is 83.7 Å². The lowest BCUT2D eigenvalue weighted by atomic mass is 10.0. The highest BCUT2D eigenvalue weighted by molar-refractivity contribution is 7.98. The quantitative estimate of drug-likeness (QED) is 0.737. The molecule has 1 heterocycles. The van der Waals surface area contributed by atoms with Crippen molar-refractivity contribution < 1.29 is 0 Å². The predicted octanol–water partition coefficient (Wildman–Crippen LogP) is 2.12. The van der Waals surface area contributed by atoms with Gasteiger partial charge in [0.1, 0.15) is 0 Å². The molecule has 0 fully saturated rings. The molecule has 0 saturated carbocycles. The molecule has 13 heavy (non-hydrogen) atoms. The Balaban J connectivity index is 2.12. The molecular formula is C10H16N2S. The number of nitrogens with zero attached hydrogens (tertiary/aromatic N) is 2. The van der Waals surface area contributed by atoms with Gasteiger partial charge in [-0.15, -0.1) is 0 Å². The van der Waals surface area contributed by atoms with Crippen LogP contribution in [0.2, 0.25) is 0 Å². The fraction of sp³-hybridized carbons (Fsp3) is 0.700. The number of aryl methyl sites for hydroxylation is 2. The summed E-state index contributed by atoms with van der Waals surface area (Å²) in [7, 11) is 0. The number of imidazole rings is 1. The SMILES string of the molecule is CSCCn1cnc2c1CCCC2. The van der Waals surface area contributed by atoms with E-state index in [0.717, 1.165) is 6.54 Å². The van der Waals surface area contributed by atoms with Gasteiger partial charge in [-0.25, -0.2) is 4.98 Å². The van der Waals surface area contributed by atoms with Crippen molar-refractivity contribution in [2.75, 3.05) is 12.0 Å². The zero-order chi connectivity index (χ0) is 9.10. The van der Waals surface area contributed by atoms with E-state index in [9.17, 15) is 0 Å². The normalized spacial score (nSPS) is 15.8. The van der Waals surface area contributed by atoms with E-state index in [1.807, 2.05) is 18.1 Å². The van der Waals surface area contributed by atoms with Crippen molar-refractivity contribution in [1.82, 2.24) is 9.55 Å². The van der Waals surface area contributed by atoms with Gasteiger partial charge in [-0.2, -0.15) is 11.8 Å². The second-order valence-corrected chi connectivity index (χ2v) is 4.52. The van der Waals surface area contributed by atoms with E-state index in [4.69, 9.17) is 0 Å². The summed E-state index contributed by atoms with van der Waals surface area (Å²) >= 11 is 1.90. The molecule has 0 saturated heterocycles. The van der Waals surface area contributed by atoms with Crippen molar-refractivity contribution in [2.45, 2.75) is 32.2 Å². The van der Waals surface area contributed by atoms with Gasteiger partial charge < -0.3 is 4.57 Å². The summed E-state index contributed by atoms with van der Waals surface area (Å²) in [4.78, 5) is 4.46. The third-order valence-electron chi connectivity index (χ3n) is 2.65. The van der Waals surface area contributed by atoms with Crippen molar-refractivity contribution in [3.63, 3.8) is 0 Å². The van der Waals surface area contributed by atoms with Crippen LogP contribution in [0.1, 0.15) is 24.2 Å². The van der Waals surface area contributed by atoms with Gasteiger partial charge in [0.25, 0.3) is 0 Å².